The first-order valence-electron chi connectivity index (χ1n) is 9.48. The number of rotatable bonds is 4. The molecule has 0 saturated carbocycles. The lowest BCUT2D eigenvalue weighted by molar-refractivity contribution is -0.0647. The van der Waals surface area contributed by atoms with E-state index in [1.165, 1.54) is 12.8 Å². The lowest BCUT2D eigenvalue weighted by atomic mass is 9.85. The van der Waals surface area contributed by atoms with Gasteiger partial charge in [-0.15, -0.1) is 0 Å². The number of nitrogens with zero attached hydrogens (tertiary/aromatic N) is 4. The second-order valence-electron chi connectivity index (χ2n) is 7.86. The van der Waals surface area contributed by atoms with Crippen molar-refractivity contribution < 1.29 is 5.11 Å². The van der Waals surface area contributed by atoms with Gasteiger partial charge in [-0.2, -0.15) is 0 Å². The highest BCUT2D eigenvalue weighted by molar-refractivity contribution is 5.75. The first-order chi connectivity index (χ1) is 12.7. The summed E-state index contributed by atoms with van der Waals surface area (Å²) in [6.07, 6.45) is 9.74. The Hall–Kier alpha value is -2.24. The predicted octanol–water partition coefficient (Wildman–Crippen LogP) is 2.99. The number of pyridine rings is 2. The number of hydrogen-bond acceptors (Lipinski definition) is 4. The van der Waals surface area contributed by atoms with Gasteiger partial charge < -0.3 is 9.67 Å². The van der Waals surface area contributed by atoms with Crippen molar-refractivity contribution in [1.82, 2.24) is 19.4 Å². The maximum atomic E-state index is 11.4. The summed E-state index contributed by atoms with van der Waals surface area (Å²) in [5.41, 5.74) is 2.57. The molecule has 0 spiro atoms. The van der Waals surface area contributed by atoms with Gasteiger partial charge in [0.1, 0.15) is 0 Å². The van der Waals surface area contributed by atoms with E-state index < -0.39 is 5.60 Å². The van der Waals surface area contributed by atoms with Crippen LogP contribution in [0.15, 0.2) is 55.0 Å². The van der Waals surface area contributed by atoms with Crippen molar-refractivity contribution >= 4 is 11.0 Å². The van der Waals surface area contributed by atoms with E-state index in [4.69, 9.17) is 0 Å². The molecule has 0 unspecified atom stereocenters. The van der Waals surface area contributed by atoms with Crippen molar-refractivity contribution in [2.45, 2.75) is 56.5 Å². The minimum absolute atomic E-state index is 0.445. The first kappa shape index (κ1) is 16.0. The van der Waals surface area contributed by atoms with Gasteiger partial charge in [0.2, 0.25) is 0 Å². The summed E-state index contributed by atoms with van der Waals surface area (Å²) in [4.78, 5) is 11.4. The summed E-state index contributed by atoms with van der Waals surface area (Å²) in [6.45, 7) is 1.54. The van der Waals surface area contributed by atoms with E-state index in [1.54, 1.807) is 0 Å². The van der Waals surface area contributed by atoms with E-state index in [-0.39, 0.29) is 0 Å². The smallest absolute Gasteiger partial charge is 0.0880 e. The number of aromatic nitrogens is 3. The average molecular weight is 348 g/mol. The molecule has 26 heavy (non-hydrogen) atoms. The van der Waals surface area contributed by atoms with Crippen molar-refractivity contribution in [1.29, 1.82) is 0 Å². The van der Waals surface area contributed by atoms with Gasteiger partial charge in [0.05, 0.1) is 28.9 Å². The Morgan fingerprint density at radius 2 is 1.81 bits per heavy atom. The third-order valence-corrected chi connectivity index (χ3v) is 6.08. The van der Waals surface area contributed by atoms with E-state index in [1.807, 2.05) is 30.6 Å². The van der Waals surface area contributed by atoms with Crippen LogP contribution >= 0.6 is 0 Å². The highest BCUT2D eigenvalue weighted by Crippen LogP contribution is 2.42. The van der Waals surface area contributed by atoms with Gasteiger partial charge >= 0.3 is 0 Å². The Morgan fingerprint density at radius 1 is 1.00 bits per heavy atom. The van der Waals surface area contributed by atoms with Crippen LogP contribution in [0.3, 0.4) is 0 Å². The molecule has 5 heteroatoms. The third kappa shape index (κ3) is 2.81. The van der Waals surface area contributed by atoms with Crippen LogP contribution in [-0.2, 0) is 13.1 Å². The summed E-state index contributed by atoms with van der Waals surface area (Å²) in [7, 11) is 0. The van der Waals surface area contributed by atoms with E-state index in [9.17, 15) is 5.11 Å². The maximum Gasteiger partial charge on any atom is 0.0880 e. The van der Waals surface area contributed by atoms with Gasteiger partial charge in [-0.1, -0.05) is 6.07 Å². The number of hydrogen-bond donors (Lipinski definition) is 1. The van der Waals surface area contributed by atoms with Crippen LogP contribution in [0.5, 0.6) is 0 Å². The Morgan fingerprint density at radius 3 is 2.58 bits per heavy atom. The molecule has 0 aromatic carbocycles. The average Bonchev–Trinajstić information content (AvgIpc) is 3.15. The van der Waals surface area contributed by atoms with Crippen LogP contribution < -0.4 is 0 Å². The van der Waals surface area contributed by atoms with Gasteiger partial charge in [0.15, 0.2) is 0 Å². The Bertz CT molecular complexity index is 893. The zero-order valence-corrected chi connectivity index (χ0v) is 14.8. The molecular formula is C21H24N4O. The van der Waals surface area contributed by atoms with Crippen LogP contribution in [0.1, 0.15) is 31.4 Å². The summed E-state index contributed by atoms with van der Waals surface area (Å²) in [6, 6.07) is 13.1. The fraction of sp³-hybridized carbons (Fsp3) is 0.429. The largest absolute Gasteiger partial charge is 0.388 e. The van der Waals surface area contributed by atoms with Crippen LogP contribution in [0.25, 0.3) is 11.0 Å². The van der Waals surface area contributed by atoms with Crippen molar-refractivity contribution in [3.8, 4) is 0 Å². The van der Waals surface area contributed by atoms with E-state index in [2.05, 4.69) is 43.8 Å². The molecule has 5 rings (SSSR count). The van der Waals surface area contributed by atoms with Gasteiger partial charge in [0.25, 0.3) is 0 Å². The molecule has 2 aliphatic heterocycles. The molecule has 5 nitrogen and oxygen atoms in total. The van der Waals surface area contributed by atoms with Crippen molar-refractivity contribution in [3.05, 3.63) is 60.7 Å². The quantitative estimate of drug-likeness (QED) is 0.787. The Kier molecular flexibility index (Phi) is 3.80. The summed E-state index contributed by atoms with van der Waals surface area (Å²) < 4.78 is 2.16. The SMILES string of the molecule is OC1(Cn2ccc3ncccc32)C[C@H]2CC[C@H](C1)N2Cc1ccccn1. The minimum atomic E-state index is -0.645. The normalized spacial score (nSPS) is 28.7. The van der Waals surface area contributed by atoms with E-state index >= 15 is 0 Å². The molecule has 2 fully saturated rings. The molecule has 3 aromatic heterocycles. The van der Waals surface area contributed by atoms with Crippen molar-refractivity contribution in [2.24, 2.45) is 0 Å². The minimum Gasteiger partial charge on any atom is -0.388 e. The monoisotopic (exact) mass is 348 g/mol. The van der Waals surface area contributed by atoms with Crippen LogP contribution in [0, 0.1) is 0 Å². The third-order valence-electron chi connectivity index (χ3n) is 6.08. The lowest BCUT2D eigenvalue weighted by Gasteiger charge is -2.44. The molecule has 134 valence electrons. The van der Waals surface area contributed by atoms with Crippen molar-refractivity contribution in [3.63, 3.8) is 0 Å². The molecule has 3 aromatic rings. The molecule has 2 aliphatic rings. The fourth-order valence-electron chi connectivity index (χ4n) is 4.96. The molecule has 0 radical (unpaired) electrons. The number of fused-ring (bicyclic) bond motifs is 3. The molecule has 5 heterocycles. The molecule has 2 bridgehead atoms. The lowest BCUT2D eigenvalue weighted by Crippen LogP contribution is -2.52. The summed E-state index contributed by atoms with van der Waals surface area (Å²) in [5, 5.41) is 11.4. The number of piperidine rings is 1. The zero-order valence-electron chi connectivity index (χ0n) is 14.8. The van der Waals surface area contributed by atoms with Crippen LogP contribution in [0.4, 0.5) is 0 Å². The first-order valence-corrected chi connectivity index (χ1v) is 9.48. The van der Waals surface area contributed by atoms with Gasteiger partial charge in [-0.05, 0) is 56.0 Å². The molecule has 2 atom stereocenters. The summed E-state index contributed by atoms with van der Waals surface area (Å²) >= 11 is 0. The molecular weight excluding hydrogens is 324 g/mol. The molecule has 1 N–H and O–H groups in total. The standard InChI is InChI=1S/C21H24N4O/c26-21(15-24-11-8-19-20(24)5-3-10-23-19)12-17-6-7-18(13-21)25(17)14-16-4-1-2-9-22-16/h1-5,8-11,17-18,26H,6-7,12-15H2/t17-,18-/m1/s1. The summed E-state index contributed by atoms with van der Waals surface area (Å²) in [5.74, 6) is 0. The van der Waals surface area contributed by atoms with E-state index in [0.29, 0.717) is 18.6 Å². The predicted molar refractivity (Wildman–Crippen MR) is 101 cm³/mol. The van der Waals surface area contributed by atoms with Gasteiger partial charge in [0, 0.05) is 37.2 Å². The van der Waals surface area contributed by atoms with Gasteiger partial charge in [-0.3, -0.25) is 14.9 Å². The van der Waals surface area contributed by atoms with E-state index in [0.717, 1.165) is 36.1 Å². The zero-order chi connectivity index (χ0) is 17.6. The van der Waals surface area contributed by atoms with Crippen LogP contribution in [0.2, 0.25) is 0 Å². The maximum absolute atomic E-state index is 11.4. The number of aliphatic hydroxyl groups is 1. The Labute approximate surface area is 153 Å². The second-order valence-corrected chi connectivity index (χ2v) is 7.86. The molecule has 2 saturated heterocycles. The molecule has 0 aliphatic carbocycles. The fourth-order valence-corrected chi connectivity index (χ4v) is 4.96. The highest BCUT2D eigenvalue weighted by atomic mass is 16.3. The van der Waals surface area contributed by atoms with Gasteiger partial charge in [-0.25, -0.2) is 0 Å². The molecule has 0 amide bonds. The Balaban J connectivity index is 1.35. The van der Waals surface area contributed by atoms with Crippen LogP contribution in [-0.4, -0.2) is 42.2 Å². The highest BCUT2D eigenvalue weighted by Gasteiger charge is 2.47. The second kappa shape index (κ2) is 6.18. The van der Waals surface area contributed by atoms with Crippen molar-refractivity contribution in [2.75, 3.05) is 0 Å². The topological polar surface area (TPSA) is 54.2 Å².